The van der Waals surface area contributed by atoms with E-state index >= 15 is 0 Å². The van der Waals surface area contributed by atoms with Gasteiger partial charge in [-0.15, -0.1) is 0 Å². The molecule has 0 aliphatic carbocycles. The highest BCUT2D eigenvalue weighted by Crippen LogP contribution is 2.08. The number of nitrogens with zero attached hydrogens (tertiary/aromatic N) is 2. The SMILES string of the molecule is O=c1ccc(=O)c(=Nc2ccccc2)c1=Nc1ccccc1. The van der Waals surface area contributed by atoms with Gasteiger partial charge in [-0.3, -0.25) is 9.59 Å². The van der Waals surface area contributed by atoms with Crippen molar-refractivity contribution in [2.45, 2.75) is 0 Å². The standard InChI is InChI=1S/C18H12N2O2/c21-15-11-12-16(22)18(20-14-9-5-2-6-10-14)17(15)19-13-7-3-1-4-8-13/h1-12H. The minimum Gasteiger partial charge on any atom is -0.287 e. The summed E-state index contributed by atoms with van der Waals surface area (Å²) in [7, 11) is 0. The quantitative estimate of drug-likeness (QED) is 0.721. The Labute approximate surface area is 126 Å². The molecule has 0 aliphatic rings. The van der Waals surface area contributed by atoms with Crippen molar-refractivity contribution in [2.24, 2.45) is 9.98 Å². The van der Waals surface area contributed by atoms with Gasteiger partial charge in [0.05, 0.1) is 11.4 Å². The van der Waals surface area contributed by atoms with E-state index in [0.717, 1.165) is 0 Å². The molecule has 106 valence electrons. The summed E-state index contributed by atoms with van der Waals surface area (Å²) < 4.78 is 0. The lowest BCUT2D eigenvalue weighted by Gasteiger charge is -1.94. The third-order valence-electron chi connectivity index (χ3n) is 3.07. The van der Waals surface area contributed by atoms with Crippen LogP contribution < -0.4 is 21.6 Å². The average Bonchev–Trinajstić information content (AvgIpc) is 2.56. The van der Waals surface area contributed by atoms with Crippen molar-refractivity contribution >= 4 is 11.4 Å². The van der Waals surface area contributed by atoms with Crippen LogP contribution in [0.4, 0.5) is 11.4 Å². The zero-order valence-electron chi connectivity index (χ0n) is 11.6. The smallest absolute Gasteiger partial charge is 0.206 e. The molecule has 0 radical (unpaired) electrons. The number of rotatable bonds is 2. The molecular weight excluding hydrogens is 276 g/mol. The highest BCUT2D eigenvalue weighted by Gasteiger charge is 2.01. The van der Waals surface area contributed by atoms with Crippen LogP contribution in [0.1, 0.15) is 0 Å². The van der Waals surface area contributed by atoms with Gasteiger partial charge in [-0.2, -0.15) is 0 Å². The zero-order chi connectivity index (χ0) is 15.4. The maximum atomic E-state index is 12.1. The molecule has 0 fully saturated rings. The lowest BCUT2D eigenvalue weighted by molar-refractivity contribution is 1.16. The second-order valence-corrected chi connectivity index (χ2v) is 4.65. The van der Waals surface area contributed by atoms with Crippen molar-refractivity contribution in [1.29, 1.82) is 0 Å². The molecule has 0 aromatic heterocycles. The molecule has 22 heavy (non-hydrogen) atoms. The molecule has 4 heteroatoms. The molecule has 3 aromatic rings. The predicted molar refractivity (Wildman–Crippen MR) is 84.7 cm³/mol. The number of para-hydroxylation sites is 2. The number of hydrogen-bond donors (Lipinski definition) is 0. The molecule has 0 spiro atoms. The Bertz CT molecular complexity index is 916. The third kappa shape index (κ3) is 2.96. The maximum Gasteiger partial charge on any atom is 0.206 e. The van der Waals surface area contributed by atoms with Gasteiger partial charge in [-0.05, 0) is 36.4 Å². The summed E-state index contributed by atoms with van der Waals surface area (Å²) in [5.41, 5.74) is 0.570. The fourth-order valence-electron chi connectivity index (χ4n) is 2.02. The number of hydrogen-bond acceptors (Lipinski definition) is 4. The topological polar surface area (TPSA) is 58.9 Å². The molecular formula is C18H12N2O2. The monoisotopic (exact) mass is 288 g/mol. The van der Waals surface area contributed by atoms with Gasteiger partial charge in [0, 0.05) is 0 Å². The van der Waals surface area contributed by atoms with Gasteiger partial charge in [0.25, 0.3) is 0 Å². The maximum absolute atomic E-state index is 12.1. The van der Waals surface area contributed by atoms with E-state index in [1.165, 1.54) is 12.1 Å². The van der Waals surface area contributed by atoms with Crippen molar-refractivity contribution in [3.8, 4) is 0 Å². The molecule has 4 nitrogen and oxygen atoms in total. The van der Waals surface area contributed by atoms with Crippen LogP contribution in [0, 0.1) is 0 Å². The van der Waals surface area contributed by atoms with E-state index in [1.807, 2.05) is 36.4 Å². The molecule has 0 aliphatic heterocycles. The van der Waals surface area contributed by atoms with E-state index in [0.29, 0.717) is 11.4 Å². The molecule has 0 saturated carbocycles. The van der Waals surface area contributed by atoms with Crippen molar-refractivity contribution < 1.29 is 0 Å². The Morgan fingerprint density at radius 1 is 0.500 bits per heavy atom. The summed E-state index contributed by atoms with van der Waals surface area (Å²) in [6, 6.07) is 20.5. The molecule has 0 bridgehead atoms. The normalized spacial score (nSPS) is 12.5. The van der Waals surface area contributed by atoms with Gasteiger partial charge in [-0.25, -0.2) is 9.98 Å². The first-order chi connectivity index (χ1) is 10.7. The molecule has 3 rings (SSSR count). The largest absolute Gasteiger partial charge is 0.287 e. The minimum absolute atomic E-state index is 0.0718. The molecule has 0 unspecified atom stereocenters. The van der Waals surface area contributed by atoms with Crippen LogP contribution in [-0.4, -0.2) is 0 Å². The summed E-state index contributed by atoms with van der Waals surface area (Å²) in [4.78, 5) is 32.8. The van der Waals surface area contributed by atoms with E-state index in [4.69, 9.17) is 0 Å². The van der Waals surface area contributed by atoms with E-state index in [-0.39, 0.29) is 21.6 Å². The molecule has 0 atom stereocenters. The van der Waals surface area contributed by atoms with Gasteiger partial charge in [-0.1, -0.05) is 36.4 Å². The Morgan fingerprint density at radius 2 is 0.864 bits per heavy atom. The van der Waals surface area contributed by atoms with Crippen molar-refractivity contribution in [1.82, 2.24) is 0 Å². The molecule has 3 aromatic carbocycles. The third-order valence-corrected chi connectivity index (χ3v) is 3.07. The molecule has 0 N–H and O–H groups in total. The molecule has 0 amide bonds. The van der Waals surface area contributed by atoms with E-state index in [1.54, 1.807) is 24.3 Å². The van der Waals surface area contributed by atoms with Crippen LogP contribution in [0.5, 0.6) is 0 Å². The predicted octanol–water partition coefficient (Wildman–Crippen LogP) is 1.75. The van der Waals surface area contributed by atoms with Crippen LogP contribution in [0.2, 0.25) is 0 Å². The average molecular weight is 288 g/mol. The van der Waals surface area contributed by atoms with E-state index in [2.05, 4.69) is 9.98 Å². The van der Waals surface area contributed by atoms with Gasteiger partial charge >= 0.3 is 0 Å². The second-order valence-electron chi connectivity index (χ2n) is 4.65. The Kier molecular flexibility index (Phi) is 3.83. The summed E-state index contributed by atoms with van der Waals surface area (Å²) in [5.74, 6) is 0. The van der Waals surface area contributed by atoms with Gasteiger partial charge in [0.2, 0.25) is 10.9 Å². The first kappa shape index (κ1) is 13.8. The summed E-state index contributed by atoms with van der Waals surface area (Å²) in [6.07, 6.45) is 0. The van der Waals surface area contributed by atoms with Gasteiger partial charge < -0.3 is 0 Å². The Balaban J connectivity index is 2.35. The number of benzene rings is 3. The lowest BCUT2D eigenvalue weighted by Crippen LogP contribution is -2.47. The summed E-state index contributed by atoms with van der Waals surface area (Å²) in [5, 5.41) is 0.144. The van der Waals surface area contributed by atoms with Crippen LogP contribution in [0.25, 0.3) is 0 Å². The van der Waals surface area contributed by atoms with Crippen molar-refractivity contribution in [3.05, 3.63) is 104 Å². The lowest BCUT2D eigenvalue weighted by atomic mass is 10.3. The van der Waals surface area contributed by atoms with Crippen molar-refractivity contribution in [3.63, 3.8) is 0 Å². The Morgan fingerprint density at radius 3 is 1.23 bits per heavy atom. The fourth-order valence-corrected chi connectivity index (χ4v) is 2.02. The minimum atomic E-state index is -0.321. The van der Waals surface area contributed by atoms with Gasteiger partial charge in [0.15, 0.2) is 0 Å². The highest BCUT2D eigenvalue weighted by atomic mass is 16.1. The first-order valence-electron chi connectivity index (χ1n) is 6.78. The van der Waals surface area contributed by atoms with Crippen LogP contribution in [0.15, 0.2) is 92.4 Å². The van der Waals surface area contributed by atoms with E-state index < -0.39 is 0 Å². The Hall–Kier alpha value is -3.14. The second kappa shape index (κ2) is 6.10. The van der Waals surface area contributed by atoms with Gasteiger partial charge in [0.1, 0.15) is 10.7 Å². The van der Waals surface area contributed by atoms with E-state index in [9.17, 15) is 9.59 Å². The summed E-state index contributed by atoms with van der Waals surface area (Å²) in [6.45, 7) is 0. The highest BCUT2D eigenvalue weighted by molar-refractivity contribution is 5.37. The fraction of sp³-hybridized carbons (Fsp3) is 0. The molecule has 0 heterocycles. The van der Waals surface area contributed by atoms with Crippen LogP contribution in [-0.2, 0) is 0 Å². The van der Waals surface area contributed by atoms with Crippen LogP contribution in [0.3, 0.4) is 0 Å². The van der Waals surface area contributed by atoms with Crippen LogP contribution >= 0.6 is 0 Å². The van der Waals surface area contributed by atoms with Crippen molar-refractivity contribution in [2.75, 3.05) is 0 Å². The first-order valence-corrected chi connectivity index (χ1v) is 6.78. The molecule has 0 saturated heterocycles. The zero-order valence-corrected chi connectivity index (χ0v) is 11.6. The summed E-state index contributed by atoms with van der Waals surface area (Å²) >= 11 is 0.